The molecule has 0 radical (unpaired) electrons. The predicted molar refractivity (Wildman–Crippen MR) is 131 cm³/mol. The van der Waals surface area contributed by atoms with Crippen molar-refractivity contribution in [1.82, 2.24) is 4.90 Å². The summed E-state index contributed by atoms with van der Waals surface area (Å²) in [6.07, 6.45) is -2.60. The Hall–Kier alpha value is -3.52. The molecule has 3 aromatic rings. The highest BCUT2D eigenvalue weighted by molar-refractivity contribution is 5.81. The quantitative estimate of drug-likeness (QED) is 0.447. The van der Waals surface area contributed by atoms with Gasteiger partial charge in [-0.1, -0.05) is 42.5 Å². The molecule has 1 heterocycles. The van der Waals surface area contributed by atoms with E-state index in [0.29, 0.717) is 37.3 Å². The van der Waals surface area contributed by atoms with Gasteiger partial charge in [0.05, 0.1) is 19.8 Å². The average Bonchev–Trinajstić information content (AvgIpc) is 2.87. The number of benzene rings is 3. The van der Waals surface area contributed by atoms with Crippen LogP contribution in [0.4, 0.5) is 13.2 Å². The van der Waals surface area contributed by atoms with Crippen molar-refractivity contribution in [2.45, 2.75) is 37.5 Å². The van der Waals surface area contributed by atoms with Crippen LogP contribution in [0, 0.1) is 0 Å². The first kappa shape index (κ1) is 25.6. The number of fused-ring (bicyclic) bond motifs is 1. The third-order valence-corrected chi connectivity index (χ3v) is 6.75. The van der Waals surface area contributed by atoms with Crippen LogP contribution in [0.2, 0.25) is 0 Å². The number of hydrogen-bond donors (Lipinski definition) is 1. The lowest BCUT2D eigenvalue weighted by Crippen LogP contribution is -2.44. The first-order valence-corrected chi connectivity index (χ1v) is 11.7. The van der Waals surface area contributed by atoms with Crippen LogP contribution in [0.5, 0.6) is 11.5 Å². The number of primary amides is 1. The SMILES string of the molecule is COc1cc2c(cc1OC)C(CCc1ccc(C(F)(F)F)cc1)N(C(C(N)=O)c1ccccc1)CC2. The van der Waals surface area contributed by atoms with E-state index in [9.17, 15) is 18.0 Å². The number of aryl methyl sites for hydroxylation is 1. The van der Waals surface area contributed by atoms with Gasteiger partial charge in [-0.05, 0) is 65.8 Å². The fourth-order valence-electron chi connectivity index (χ4n) is 5.00. The summed E-state index contributed by atoms with van der Waals surface area (Å²) in [5, 5.41) is 0. The molecule has 1 amide bonds. The van der Waals surface area contributed by atoms with Gasteiger partial charge < -0.3 is 15.2 Å². The Labute approximate surface area is 208 Å². The number of nitrogens with two attached hydrogens (primary N) is 1. The standard InChI is InChI=1S/C28H29F3N2O3/c1-35-24-16-20-14-15-33(26(27(32)34)19-6-4-3-5-7-19)23(22(20)17-25(24)36-2)13-10-18-8-11-21(12-9-18)28(29,30)31/h3-9,11-12,16-17,23,26H,10,13-15H2,1-2H3,(H2,32,34). The first-order valence-electron chi connectivity index (χ1n) is 11.7. The van der Waals surface area contributed by atoms with Crippen LogP contribution >= 0.6 is 0 Å². The molecule has 36 heavy (non-hydrogen) atoms. The third-order valence-electron chi connectivity index (χ3n) is 6.75. The molecule has 190 valence electrons. The van der Waals surface area contributed by atoms with Crippen LogP contribution in [0.3, 0.4) is 0 Å². The topological polar surface area (TPSA) is 64.8 Å². The molecule has 5 nitrogen and oxygen atoms in total. The van der Waals surface area contributed by atoms with E-state index >= 15 is 0 Å². The second kappa shape index (κ2) is 10.6. The Kier molecular flexibility index (Phi) is 7.54. The average molecular weight is 499 g/mol. The normalized spacial score (nSPS) is 16.8. The summed E-state index contributed by atoms with van der Waals surface area (Å²) < 4.78 is 50.0. The van der Waals surface area contributed by atoms with E-state index in [2.05, 4.69) is 4.90 Å². The van der Waals surface area contributed by atoms with E-state index in [0.717, 1.165) is 34.4 Å². The fraction of sp³-hybridized carbons (Fsp3) is 0.321. The van der Waals surface area contributed by atoms with Crippen LogP contribution in [0.1, 0.15) is 46.3 Å². The second-order valence-corrected chi connectivity index (χ2v) is 8.86. The maximum Gasteiger partial charge on any atom is 0.416 e. The number of carbonyl (C=O) groups excluding carboxylic acids is 1. The summed E-state index contributed by atoms with van der Waals surface area (Å²) in [7, 11) is 3.15. The van der Waals surface area contributed by atoms with Crippen molar-refractivity contribution in [3.05, 3.63) is 94.5 Å². The molecule has 0 spiro atoms. The van der Waals surface area contributed by atoms with Gasteiger partial charge in [0.2, 0.25) is 5.91 Å². The molecule has 1 aliphatic heterocycles. The monoisotopic (exact) mass is 498 g/mol. The minimum Gasteiger partial charge on any atom is -0.493 e. The number of amides is 1. The molecule has 8 heteroatoms. The van der Waals surface area contributed by atoms with Gasteiger partial charge in [0.1, 0.15) is 6.04 Å². The van der Waals surface area contributed by atoms with Crippen molar-refractivity contribution in [2.24, 2.45) is 5.73 Å². The minimum absolute atomic E-state index is 0.214. The van der Waals surface area contributed by atoms with Gasteiger partial charge in [-0.3, -0.25) is 9.69 Å². The second-order valence-electron chi connectivity index (χ2n) is 8.86. The molecular weight excluding hydrogens is 469 g/mol. The highest BCUT2D eigenvalue weighted by Crippen LogP contribution is 2.43. The molecule has 0 aliphatic carbocycles. The zero-order chi connectivity index (χ0) is 25.9. The smallest absolute Gasteiger partial charge is 0.416 e. The van der Waals surface area contributed by atoms with E-state index < -0.39 is 23.7 Å². The lowest BCUT2D eigenvalue weighted by Gasteiger charge is -2.41. The summed E-state index contributed by atoms with van der Waals surface area (Å²) in [4.78, 5) is 14.8. The lowest BCUT2D eigenvalue weighted by atomic mass is 9.86. The Balaban J connectivity index is 1.71. The van der Waals surface area contributed by atoms with E-state index in [4.69, 9.17) is 15.2 Å². The Morgan fingerprint density at radius 1 is 1.03 bits per heavy atom. The molecule has 2 N–H and O–H groups in total. The van der Waals surface area contributed by atoms with Crippen molar-refractivity contribution >= 4 is 5.91 Å². The van der Waals surface area contributed by atoms with Crippen molar-refractivity contribution in [1.29, 1.82) is 0 Å². The van der Waals surface area contributed by atoms with Gasteiger partial charge in [0.25, 0.3) is 0 Å². The number of hydrogen-bond acceptors (Lipinski definition) is 4. The van der Waals surface area contributed by atoms with Crippen molar-refractivity contribution in [2.75, 3.05) is 20.8 Å². The van der Waals surface area contributed by atoms with Crippen LogP contribution in [-0.2, 0) is 23.8 Å². The predicted octanol–water partition coefficient (Wildman–Crippen LogP) is 5.48. The summed E-state index contributed by atoms with van der Waals surface area (Å²) >= 11 is 0. The summed E-state index contributed by atoms with van der Waals surface area (Å²) in [6, 6.07) is 17.6. The summed E-state index contributed by atoms with van der Waals surface area (Å²) in [5.41, 5.74) is 8.90. The molecule has 2 unspecified atom stereocenters. The van der Waals surface area contributed by atoms with Gasteiger partial charge in [-0.25, -0.2) is 0 Å². The van der Waals surface area contributed by atoms with Gasteiger partial charge in [0, 0.05) is 12.6 Å². The molecular formula is C28H29F3N2O3. The zero-order valence-corrected chi connectivity index (χ0v) is 20.2. The summed E-state index contributed by atoms with van der Waals surface area (Å²) in [6.45, 7) is 0.586. The molecule has 1 aliphatic rings. The highest BCUT2D eigenvalue weighted by atomic mass is 19.4. The molecule has 0 aromatic heterocycles. The van der Waals surface area contributed by atoms with Crippen molar-refractivity contribution in [3.63, 3.8) is 0 Å². The van der Waals surface area contributed by atoms with Crippen molar-refractivity contribution in [3.8, 4) is 11.5 Å². The zero-order valence-electron chi connectivity index (χ0n) is 20.2. The number of ether oxygens (including phenoxy) is 2. The first-order chi connectivity index (χ1) is 17.2. The van der Waals surface area contributed by atoms with Gasteiger partial charge in [-0.2, -0.15) is 13.2 Å². The molecule has 0 fully saturated rings. The molecule has 2 atom stereocenters. The number of halogens is 3. The number of methoxy groups -OCH3 is 2. The Morgan fingerprint density at radius 3 is 2.25 bits per heavy atom. The number of carbonyl (C=O) groups is 1. The lowest BCUT2D eigenvalue weighted by molar-refractivity contribution is -0.137. The summed E-state index contributed by atoms with van der Waals surface area (Å²) in [5.74, 6) is 0.748. The van der Waals surface area contributed by atoms with Crippen LogP contribution in [-0.4, -0.2) is 31.6 Å². The maximum atomic E-state index is 13.0. The number of alkyl halides is 3. The molecule has 4 rings (SSSR count). The Bertz CT molecular complexity index is 1200. The molecule has 0 saturated carbocycles. The molecule has 3 aromatic carbocycles. The molecule has 0 saturated heterocycles. The highest BCUT2D eigenvalue weighted by Gasteiger charge is 2.36. The van der Waals surface area contributed by atoms with Gasteiger partial charge >= 0.3 is 6.18 Å². The number of nitrogens with zero attached hydrogens (tertiary/aromatic N) is 1. The molecule has 0 bridgehead atoms. The number of rotatable bonds is 8. The van der Waals surface area contributed by atoms with Crippen LogP contribution in [0.15, 0.2) is 66.7 Å². The van der Waals surface area contributed by atoms with E-state index in [1.807, 2.05) is 42.5 Å². The fourth-order valence-corrected chi connectivity index (χ4v) is 5.00. The third kappa shape index (κ3) is 5.33. The maximum absolute atomic E-state index is 13.0. The van der Waals surface area contributed by atoms with Crippen LogP contribution < -0.4 is 15.2 Å². The van der Waals surface area contributed by atoms with Gasteiger partial charge in [-0.15, -0.1) is 0 Å². The van der Waals surface area contributed by atoms with Gasteiger partial charge in [0.15, 0.2) is 11.5 Å². The largest absolute Gasteiger partial charge is 0.493 e. The van der Waals surface area contributed by atoms with Crippen molar-refractivity contribution < 1.29 is 27.4 Å². The minimum atomic E-state index is -4.38. The van der Waals surface area contributed by atoms with E-state index in [1.54, 1.807) is 14.2 Å². The van der Waals surface area contributed by atoms with Crippen LogP contribution in [0.25, 0.3) is 0 Å². The Morgan fingerprint density at radius 2 is 1.67 bits per heavy atom. The van der Waals surface area contributed by atoms with E-state index in [1.165, 1.54) is 12.1 Å². The van der Waals surface area contributed by atoms with E-state index in [-0.39, 0.29) is 6.04 Å².